The molecule has 1 saturated carbocycles. The van der Waals surface area contributed by atoms with Gasteiger partial charge in [-0.05, 0) is 61.4 Å². The molecule has 1 aromatic carbocycles. The van der Waals surface area contributed by atoms with Crippen LogP contribution >= 0.6 is 0 Å². The Morgan fingerprint density at radius 2 is 1.80 bits per heavy atom. The van der Waals surface area contributed by atoms with Crippen LogP contribution in [0.4, 0.5) is 14.6 Å². The van der Waals surface area contributed by atoms with Gasteiger partial charge in [0.05, 0.1) is 5.41 Å². The van der Waals surface area contributed by atoms with Crippen LogP contribution in [0.25, 0.3) is 0 Å². The summed E-state index contributed by atoms with van der Waals surface area (Å²) < 4.78 is 29.5. The van der Waals surface area contributed by atoms with E-state index in [9.17, 15) is 19.0 Å². The zero-order valence-electron chi connectivity index (χ0n) is 23.2. The van der Waals surface area contributed by atoms with Crippen molar-refractivity contribution in [2.45, 2.75) is 69.8 Å². The first-order valence-electron chi connectivity index (χ1n) is 14.2. The number of piperidine rings is 1. The first-order chi connectivity index (χ1) is 19.6. The molecule has 3 aromatic rings. The van der Waals surface area contributed by atoms with E-state index in [1.54, 1.807) is 29.4 Å². The van der Waals surface area contributed by atoms with Gasteiger partial charge in [-0.3, -0.25) is 20.6 Å². The maximum Gasteiger partial charge on any atom is 0.257 e. The lowest BCUT2D eigenvalue weighted by atomic mass is 9.75. The SMILES string of the molecule is CC1C(c2ccccc2)CC(c2cnc3c(c2)CC(C(=O)Nc2ccccn2)C3)C(=N)N1C(=N)C1(C(C)(F)F)CC1. The van der Waals surface area contributed by atoms with Crippen LogP contribution in [0, 0.1) is 22.2 Å². The lowest BCUT2D eigenvalue weighted by molar-refractivity contribution is -0.119. The van der Waals surface area contributed by atoms with E-state index in [4.69, 9.17) is 10.4 Å². The smallest absolute Gasteiger partial charge is 0.257 e. The highest BCUT2D eigenvalue weighted by molar-refractivity contribution is 6.05. The number of benzene rings is 1. The number of halogens is 2. The molecule has 0 bridgehead atoms. The van der Waals surface area contributed by atoms with Crippen molar-refractivity contribution < 1.29 is 13.6 Å². The number of hydrogen-bond donors (Lipinski definition) is 3. The molecule has 212 valence electrons. The Hall–Kier alpha value is -4.01. The van der Waals surface area contributed by atoms with Gasteiger partial charge in [0.25, 0.3) is 5.92 Å². The quantitative estimate of drug-likeness (QED) is 0.249. The molecule has 1 amide bonds. The lowest BCUT2D eigenvalue weighted by Gasteiger charge is -2.47. The van der Waals surface area contributed by atoms with Gasteiger partial charge in [-0.1, -0.05) is 42.5 Å². The van der Waals surface area contributed by atoms with Gasteiger partial charge in [-0.15, -0.1) is 0 Å². The van der Waals surface area contributed by atoms with E-state index in [1.165, 1.54) is 0 Å². The van der Waals surface area contributed by atoms with Crippen LogP contribution in [0.2, 0.25) is 0 Å². The Kier molecular flexibility index (Phi) is 6.71. The van der Waals surface area contributed by atoms with Crippen LogP contribution in [-0.2, 0) is 17.6 Å². The fourth-order valence-corrected chi connectivity index (χ4v) is 6.63. The number of pyridine rings is 2. The number of nitrogens with one attached hydrogen (secondary N) is 3. The Bertz CT molecular complexity index is 1490. The van der Waals surface area contributed by atoms with Crippen LogP contribution in [0.5, 0.6) is 0 Å². The summed E-state index contributed by atoms with van der Waals surface area (Å²) in [7, 11) is 0. The molecule has 4 unspecified atom stereocenters. The monoisotopic (exact) mass is 556 g/mol. The standard InChI is InChI=1S/C32H34F2N6O/c1-19-24(20-8-4-3-5-9-20)17-25(28(35)40(19)30(36)32(11-12-32)31(2,33)34)23-15-21-14-22(16-26(21)38-18-23)29(41)39-27-10-6-7-13-37-27/h3-10,13,15,18-19,22,24-25,35-36H,11-12,14,16-17H2,1-2H3,(H,37,39,41). The highest BCUT2D eigenvalue weighted by Gasteiger charge is 2.64. The number of amides is 1. The summed E-state index contributed by atoms with van der Waals surface area (Å²) in [5, 5.41) is 21.1. The second kappa shape index (κ2) is 10.1. The van der Waals surface area contributed by atoms with E-state index in [0.717, 1.165) is 29.3 Å². The van der Waals surface area contributed by atoms with Gasteiger partial charge in [0.15, 0.2) is 0 Å². The fourth-order valence-electron chi connectivity index (χ4n) is 6.63. The van der Waals surface area contributed by atoms with Crippen LogP contribution in [0.3, 0.4) is 0 Å². The third kappa shape index (κ3) is 4.81. The van der Waals surface area contributed by atoms with Crippen molar-refractivity contribution >= 4 is 23.4 Å². The summed E-state index contributed by atoms with van der Waals surface area (Å²) in [6, 6.07) is 17.0. The van der Waals surface area contributed by atoms with E-state index in [1.807, 2.05) is 49.4 Å². The maximum absolute atomic E-state index is 14.8. The van der Waals surface area contributed by atoms with Gasteiger partial charge in [-0.25, -0.2) is 13.8 Å². The minimum absolute atomic E-state index is 0.0675. The molecule has 0 spiro atoms. The number of alkyl halides is 2. The normalized spacial score (nSPS) is 25.0. The molecule has 1 saturated heterocycles. The van der Waals surface area contributed by atoms with Crippen molar-refractivity contribution in [3.63, 3.8) is 0 Å². The Morgan fingerprint density at radius 3 is 2.46 bits per heavy atom. The summed E-state index contributed by atoms with van der Waals surface area (Å²) in [5.41, 5.74) is 2.17. The highest BCUT2D eigenvalue weighted by Crippen LogP contribution is 2.59. The second-order valence-corrected chi connectivity index (χ2v) is 11.8. The molecule has 7 nitrogen and oxygen atoms in total. The van der Waals surface area contributed by atoms with Gasteiger partial charge in [0.2, 0.25) is 5.91 Å². The number of carbonyl (C=O) groups is 1. The average Bonchev–Trinajstić information content (AvgIpc) is 3.68. The lowest BCUT2D eigenvalue weighted by Crippen LogP contribution is -2.56. The van der Waals surface area contributed by atoms with Gasteiger partial charge in [-0.2, -0.15) is 0 Å². The predicted octanol–water partition coefficient (Wildman–Crippen LogP) is 6.18. The largest absolute Gasteiger partial charge is 0.314 e. The van der Waals surface area contributed by atoms with E-state index in [2.05, 4.69) is 10.3 Å². The van der Waals surface area contributed by atoms with Gasteiger partial charge in [0.1, 0.15) is 17.5 Å². The molecule has 3 heterocycles. The average molecular weight is 557 g/mol. The summed E-state index contributed by atoms with van der Waals surface area (Å²) >= 11 is 0. The summed E-state index contributed by atoms with van der Waals surface area (Å²) in [6.45, 7) is 2.83. The molecule has 9 heteroatoms. The van der Waals surface area contributed by atoms with Crippen molar-refractivity contribution in [1.82, 2.24) is 14.9 Å². The number of nitrogens with zero attached hydrogens (tertiary/aromatic N) is 3. The highest BCUT2D eigenvalue weighted by atomic mass is 19.3. The summed E-state index contributed by atoms with van der Waals surface area (Å²) in [4.78, 5) is 23.4. The fraction of sp³-hybridized carbons (Fsp3) is 0.406. The van der Waals surface area contributed by atoms with E-state index in [0.29, 0.717) is 25.1 Å². The van der Waals surface area contributed by atoms with Crippen LogP contribution in [-0.4, -0.2) is 44.4 Å². The number of carbonyl (C=O) groups excluding carboxylic acids is 1. The summed E-state index contributed by atoms with van der Waals surface area (Å²) in [5.74, 6) is -3.40. The number of hydrogen-bond acceptors (Lipinski definition) is 5. The van der Waals surface area contributed by atoms with Crippen LogP contribution < -0.4 is 5.32 Å². The number of aromatic nitrogens is 2. The molecule has 41 heavy (non-hydrogen) atoms. The topological polar surface area (TPSA) is 106 Å². The third-order valence-corrected chi connectivity index (χ3v) is 9.26. The minimum Gasteiger partial charge on any atom is -0.314 e. The number of likely N-dealkylation sites (tertiary alicyclic amines) is 1. The first-order valence-corrected chi connectivity index (χ1v) is 14.2. The molecule has 3 aliphatic rings. The molecule has 1 aliphatic heterocycles. The van der Waals surface area contributed by atoms with E-state index < -0.39 is 17.3 Å². The molecular formula is C32H34F2N6O. The number of rotatable bonds is 6. The molecule has 2 fully saturated rings. The van der Waals surface area contributed by atoms with Gasteiger partial charge < -0.3 is 10.2 Å². The van der Waals surface area contributed by atoms with Crippen molar-refractivity contribution in [2.24, 2.45) is 11.3 Å². The number of anilines is 1. The third-order valence-electron chi connectivity index (χ3n) is 9.26. The van der Waals surface area contributed by atoms with Crippen molar-refractivity contribution in [2.75, 3.05) is 5.32 Å². The Labute approximate surface area is 238 Å². The Balaban J connectivity index is 1.29. The molecule has 3 N–H and O–H groups in total. The summed E-state index contributed by atoms with van der Waals surface area (Å²) in [6.07, 6.45) is 5.53. The Morgan fingerprint density at radius 1 is 1.07 bits per heavy atom. The van der Waals surface area contributed by atoms with Gasteiger partial charge >= 0.3 is 0 Å². The molecule has 2 aromatic heterocycles. The molecule has 4 atom stereocenters. The van der Waals surface area contributed by atoms with Crippen molar-refractivity contribution in [1.29, 1.82) is 10.8 Å². The van der Waals surface area contributed by atoms with Gasteiger partial charge in [0, 0.05) is 55.2 Å². The molecule has 2 aliphatic carbocycles. The van der Waals surface area contributed by atoms with Crippen molar-refractivity contribution in [3.8, 4) is 0 Å². The minimum atomic E-state index is -3.04. The zero-order chi connectivity index (χ0) is 28.9. The van der Waals surface area contributed by atoms with Crippen molar-refractivity contribution in [3.05, 3.63) is 89.4 Å². The molecular weight excluding hydrogens is 522 g/mol. The van der Waals surface area contributed by atoms with Crippen LogP contribution in [0.1, 0.15) is 67.3 Å². The second-order valence-electron chi connectivity index (χ2n) is 11.8. The maximum atomic E-state index is 14.8. The molecule has 6 rings (SSSR count). The first kappa shape index (κ1) is 27.2. The van der Waals surface area contributed by atoms with E-state index >= 15 is 0 Å². The van der Waals surface area contributed by atoms with Crippen LogP contribution in [0.15, 0.2) is 67.0 Å². The predicted molar refractivity (Wildman–Crippen MR) is 154 cm³/mol. The molecule has 0 radical (unpaired) electrons. The zero-order valence-corrected chi connectivity index (χ0v) is 23.2. The van der Waals surface area contributed by atoms with E-state index in [-0.39, 0.29) is 48.3 Å². The number of amidine groups is 2. The number of fused-ring (bicyclic) bond motifs is 1.